The van der Waals surface area contributed by atoms with Crippen molar-refractivity contribution in [3.8, 4) is 5.88 Å². The topological polar surface area (TPSA) is 39.2 Å². The summed E-state index contributed by atoms with van der Waals surface area (Å²) >= 11 is 0. The maximum atomic E-state index is 11.4. The summed E-state index contributed by atoms with van der Waals surface area (Å²) in [4.78, 5) is 15.8. The van der Waals surface area contributed by atoms with E-state index in [0.29, 0.717) is 17.4 Å². The van der Waals surface area contributed by atoms with Crippen molar-refractivity contribution in [2.45, 2.75) is 26.7 Å². The SMILES string of the molecule is COc1nc2cc(C(C)=O)ccc2cc1C(C)C. The zero-order valence-electron chi connectivity index (χ0n) is 11.2. The summed E-state index contributed by atoms with van der Waals surface area (Å²) in [5, 5.41) is 1.03. The van der Waals surface area contributed by atoms with Gasteiger partial charge in [0, 0.05) is 16.5 Å². The molecule has 0 fully saturated rings. The molecule has 0 radical (unpaired) electrons. The molecular formula is C15H17NO2. The molecule has 0 aliphatic carbocycles. The molecule has 1 aromatic carbocycles. The van der Waals surface area contributed by atoms with Crippen molar-refractivity contribution in [1.82, 2.24) is 4.98 Å². The van der Waals surface area contributed by atoms with Crippen LogP contribution in [-0.2, 0) is 0 Å². The van der Waals surface area contributed by atoms with E-state index in [1.807, 2.05) is 18.2 Å². The average molecular weight is 243 g/mol. The third kappa shape index (κ3) is 2.21. The minimum Gasteiger partial charge on any atom is -0.481 e. The van der Waals surface area contributed by atoms with Crippen LogP contribution in [-0.4, -0.2) is 17.9 Å². The molecule has 0 aliphatic heterocycles. The van der Waals surface area contributed by atoms with Gasteiger partial charge in [-0.1, -0.05) is 26.0 Å². The number of ether oxygens (including phenoxy) is 1. The minimum atomic E-state index is 0.0469. The Bertz CT molecular complexity index is 603. The molecule has 2 aromatic rings. The Balaban J connectivity index is 2.67. The molecular weight excluding hydrogens is 226 g/mol. The van der Waals surface area contributed by atoms with Crippen molar-refractivity contribution in [3.63, 3.8) is 0 Å². The second-order valence-electron chi connectivity index (χ2n) is 4.71. The molecule has 3 nitrogen and oxygen atoms in total. The number of nitrogens with zero attached hydrogens (tertiary/aromatic N) is 1. The number of ketones is 1. The molecule has 3 heteroatoms. The molecule has 0 atom stereocenters. The van der Waals surface area contributed by atoms with Crippen LogP contribution in [0.15, 0.2) is 24.3 Å². The molecule has 0 N–H and O–H groups in total. The lowest BCUT2D eigenvalue weighted by atomic mass is 10.0. The highest BCUT2D eigenvalue weighted by atomic mass is 16.5. The number of methoxy groups -OCH3 is 1. The molecule has 18 heavy (non-hydrogen) atoms. The number of pyridine rings is 1. The summed E-state index contributed by atoms with van der Waals surface area (Å²) in [6.07, 6.45) is 0. The van der Waals surface area contributed by atoms with Gasteiger partial charge in [-0.2, -0.15) is 0 Å². The molecule has 1 aromatic heterocycles. The first-order chi connectivity index (χ1) is 8.52. The van der Waals surface area contributed by atoms with Gasteiger partial charge in [0.1, 0.15) is 0 Å². The summed E-state index contributed by atoms with van der Waals surface area (Å²) in [6, 6.07) is 7.66. The summed E-state index contributed by atoms with van der Waals surface area (Å²) in [7, 11) is 1.62. The van der Waals surface area contributed by atoms with Crippen molar-refractivity contribution >= 4 is 16.7 Å². The van der Waals surface area contributed by atoms with Gasteiger partial charge in [-0.15, -0.1) is 0 Å². The van der Waals surface area contributed by atoms with Gasteiger partial charge in [0.15, 0.2) is 5.78 Å². The Morgan fingerprint density at radius 1 is 1.28 bits per heavy atom. The number of Topliss-reactive ketones (excluding diaryl/α,β-unsaturated/α-hetero) is 1. The van der Waals surface area contributed by atoms with E-state index in [4.69, 9.17) is 4.74 Å². The Morgan fingerprint density at radius 3 is 2.56 bits per heavy atom. The lowest BCUT2D eigenvalue weighted by Crippen LogP contribution is -1.99. The second kappa shape index (κ2) is 4.77. The third-order valence-corrected chi connectivity index (χ3v) is 3.03. The fourth-order valence-corrected chi connectivity index (χ4v) is 1.96. The number of aromatic nitrogens is 1. The van der Waals surface area contributed by atoms with Crippen LogP contribution in [0.5, 0.6) is 5.88 Å². The normalized spacial score (nSPS) is 10.9. The molecule has 0 saturated heterocycles. The smallest absolute Gasteiger partial charge is 0.217 e. The lowest BCUT2D eigenvalue weighted by Gasteiger charge is -2.12. The van der Waals surface area contributed by atoms with Crippen LogP contribution in [0.3, 0.4) is 0 Å². The van der Waals surface area contributed by atoms with Crippen LogP contribution >= 0.6 is 0 Å². The first kappa shape index (κ1) is 12.6. The largest absolute Gasteiger partial charge is 0.481 e. The van der Waals surface area contributed by atoms with E-state index in [2.05, 4.69) is 24.9 Å². The van der Waals surface area contributed by atoms with Crippen LogP contribution in [0, 0.1) is 0 Å². The van der Waals surface area contributed by atoms with Crippen LogP contribution in [0.1, 0.15) is 42.6 Å². The lowest BCUT2D eigenvalue weighted by molar-refractivity contribution is 0.101. The minimum absolute atomic E-state index is 0.0469. The number of hydrogen-bond donors (Lipinski definition) is 0. The molecule has 94 valence electrons. The van der Waals surface area contributed by atoms with E-state index in [0.717, 1.165) is 16.5 Å². The zero-order chi connectivity index (χ0) is 13.3. The summed E-state index contributed by atoms with van der Waals surface area (Å²) in [5.41, 5.74) is 2.55. The average Bonchev–Trinajstić information content (AvgIpc) is 2.36. The van der Waals surface area contributed by atoms with Gasteiger partial charge >= 0.3 is 0 Å². The van der Waals surface area contributed by atoms with Crippen molar-refractivity contribution in [2.75, 3.05) is 7.11 Å². The van der Waals surface area contributed by atoms with Gasteiger partial charge in [-0.3, -0.25) is 4.79 Å². The maximum absolute atomic E-state index is 11.4. The fraction of sp³-hybridized carbons (Fsp3) is 0.333. The third-order valence-electron chi connectivity index (χ3n) is 3.03. The first-order valence-corrected chi connectivity index (χ1v) is 6.02. The van der Waals surface area contributed by atoms with Gasteiger partial charge in [-0.25, -0.2) is 4.98 Å². The Morgan fingerprint density at radius 2 is 2.00 bits per heavy atom. The molecule has 1 heterocycles. The second-order valence-corrected chi connectivity index (χ2v) is 4.71. The van der Waals surface area contributed by atoms with E-state index < -0.39 is 0 Å². The van der Waals surface area contributed by atoms with Crippen molar-refractivity contribution in [1.29, 1.82) is 0 Å². The number of fused-ring (bicyclic) bond motifs is 1. The monoisotopic (exact) mass is 243 g/mol. The fourth-order valence-electron chi connectivity index (χ4n) is 1.96. The quantitative estimate of drug-likeness (QED) is 0.773. The number of rotatable bonds is 3. The standard InChI is InChI=1S/C15H17NO2/c1-9(2)13-7-12-6-5-11(10(3)17)8-14(12)16-15(13)18-4/h5-9H,1-4H3. The van der Waals surface area contributed by atoms with E-state index in [1.165, 1.54) is 0 Å². The van der Waals surface area contributed by atoms with Gasteiger partial charge in [-0.05, 0) is 25.0 Å². The maximum Gasteiger partial charge on any atom is 0.217 e. The predicted octanol–water partition coefficient (Wildman–Crippen LogP) is 3.57. The first-order valence-electron chi connectivity index (χ1n) is 6.02. The Hall–Kier alpha value is -1.90. The van der Waals surface area contributed by atoms with Gasteiger partial charge in [0.25, 0.3) is 0 Å². The molecule has 2 rings (SSSR count). The van der Waals surface area contributed by atoms with Crippen LogP contribution in [0.2, 0.25) is 0 Å². The number of carbonyl (C=O) groups is 1. The highest BCUT2D eigenvalue weighted by Gasteiger charge is 2.11. The van der Waals surface area contributed by atoms with Crippen LogP contribution in [0.25, 0.3) is 10.9 Å². The highest BCUT2D eigenvalue weighted by molar-refractivity contribution is 5.97. The molecule has 0 spiro atoms. The number of benzene rings is 1. The van der Waals surface area contributed by atoms with Crippen LogP contribution < -0.4 is 4.74 Å². The summed E-state index contributed by atoms with van der Waals surface area (Å²) in [6.45, 7) is 5.77. The molecule has 0 saturated carbocycles. The van der Waals surface area contributed by atoms with E-state index >= 15 is 0 Å². The van der Waals surface area contributed by atoms with Crippen LogP contribution in [0.4, 0.5) is 0 Å². The summed E-state index contributed by atoms with van der Waals surface area (Å²) in [5.74, 6) is 1.04. The Labute approximate surface area is 107 Å². The number of carbonyl (C=O) groups excluding carboxylic acids is 1. The molecule has 0 amide bonds. The predicted molar refractivity (Wildman–Crippen MR) is 72.4 cm³/mol. The zero-order valence-corrected chi connectivity index (χ0v) is 11.2. The molecule has 0 unspecified atom stereocenters. The van der Waals surface area contributed by atoms with Gasteiger partial charge < -0.3 is 4.74 Å². The molecule has 0 bridgehead atoms. The van der Waals surface area contributed by atoms with E-state index in [9.17, 15) is 4.79 Å². The number of hydrogen-bond acceptors (Lipinski definition) is 3. The van der Waals surface area contributed by atoms with Gasteiger partial charge in [0.2, 0.25) is 5.88 Å². The highest BCUT2D eigenvalue weighted by Crippen LogP contribution is 2.28. The Kier molecular flexibility index (Phi) is 3.32. The molecule has 0 aliphatic rings. The van der Waals surface area contributed by atoms with Crippen molar-refractivity contribution in [3.05, 3.63) is 35.4 Å². The van der Waals surface area contributed by atoms with Gasteiger partial charge in [0.05, 0.1) is 12.6 Å². The van der Waals surface area contributed by atoms with Crippen molar-refractivity contribution < 1.29 is 9.53 Å². The van der Waals surface area contributed by atoms with E-state index in [-0.39, 0.29) is 5.78 Å². The van der Waals surface area contributed by atoms with E-state index in [1.54, 1.807) is 14.0 Å². The summed E-state index contributed by atoms with van der Waals surface area (Å²) < 4.78 is 5.32. The van der Waals surface area contributed by atoms with Crippen molar-refractivity contribution in [2.24, 2.45) is 0 Å².